The van der Waals surface area contributed by atoms with Crippen LogP contribution in [-0.2, 0) is 0 Å². The van der Waals surface area contributed by atoms with Crippen LogP contribution in [0.2, 0.25) is 0 Å². The molecule has 0 aliphatic carbocycles. The Kier molecular flexibility index (Phi) is 5.51. The van der Waals surface area contributed by atoms with Gasteiger partial charge < -0.3 is 10.2 Å². The molecule has 1 atom stereocenters. The number of aryl methyl sites for hydroxylation is 2. The fourth-order valence-corrected chi connectivity index (χ4v) is 2.83. The van der Waals surface area contributed by atoms with Crippen LogP contribution in [0, 0.1) is 24.0 Å². The van der Waals surface area contributed by atoms with E-state index >= 15 is 0 Å². The first-order valence-corrected chi connectivity index (χ1v) is 8.05. The Morgan fingerprint density at radius 2 is 1.83 bits per heavy atom. The second-order valence-corrected chi connectivity index (χ2v) is 6.33. The molecule has 2 aromatic rings. The smallest absolute Gasteiger partial charge is 0.269 e. The van der Waals surface area contributed by atoms with E-state index in [2.05, 4.69) is 11.4 Å². The zero-order valence-electron chi connectivity index (χ0n) is 14.2. The molecule has 24 heavy (non-hydrogen) atoms. The maximum Gasteiger partial charge on any atom is 0.269 e. The molecule has 1 N–H and O–H groups in total. The van der Waals surface area contributed by atoms with E-state index < -0.39 is 0 Å². The number of thiocarbonyl (C=S) groups is 1. The van der Waals surface area contributed by atoms with Crippen LogP contribution in [0.25, 0.3) is 0 Å². The minimum absolute atomic E-state index is 0.0842. The molecule has 0 saturated heterocycles. The molecule has 0 aliphatic rings. The molecule has 6 heteroatoms. The average molecular weight is 343 g/mol. The minimum Gasteiger partial charge on any atom is -0.345 e. The molecule has 0 saturated carbocycles. The fourth-order valence-electron chi connectivity index (χ4n) is 2.56. The molecule has 0 unspecified atom stereocenters. The Morgan fingerprint density at radius 1 is 1.21 bits per heavy atom. The van der Waals surface area contributed by atoms with Crippen LogP contribution in [0.1, 0.15) is 29.7 Å². The highest BCUT2D eigenvalue weighted by atomic mass is 32.1. The van der Waals surface area contributed by atoms with Crippen molar-refractivity contribution in [3.8, 4) is 0 Å². The van der Waals surface area contributed by atoms with Crippen molar-refractivity contribution in [1.29, 1.82) is 0 Å². The van der Waals surface area contributed by atoms with Gasteiger partial charge in [0.25, 0.3) is 5.69 Å². The van der Waals surface area contributed by atoms with Gasteiger partial charge in [-0.2, -0.15) is 0 Å². The SMILES string of the molecule is Cc1cc(C)cc(NC(=S)N(C)[C@@H](C)c2cccc([N+](=O)[O-])c2)c1. The van der Waals surface area contributed by atoms with E-state index in [0.29, 0.717) is 5.11 Å². The Hall–Kier alpha value is -2.47. The zero-order valence-corrected chi connectivity index (χ0v) is 15.1. The van der Waals surface area contributed by atoms with Crippen LogP contribution in [0.3, 0.4) is 0 Å². The van der Waals surface area contributed by atoms with Crippen LogP contribution < -0.4 is 5.32 Å². The predicted molar refractivity (Wildman–Crippen MR) is 101 cm³/mol. The number of nitro benzene ring substituents is 1. The Labute approximate surface area is 147 Å². The van der Waals surface area contributed by atoms with Gasteiger partial charge in [0, 0.05) is 24.9 Å². The van der Waals surface area contributed by atoms with Crippen LogP contribution in [0.5, 0.6) is 0 Å². The van der Waals surface area contributed by atoms with Crippen molar-refractivity contribution in [1.82, 2.24) is 4.90 Å². The summed E-state index contributed by atoms with van der Waals surface area (Å²) in [4.78, 5) is 12.4. The van der Waals surface area contributed by atoms with E-state index in [9.17, 15) is 10.1 Å². The second-order valence-electron chi connectivity index (χ2n) is 5.95. The van der Waals surface area contributed by atoms with Crippen molar-refractivity contribution < 1.29 is 4.92 Å². The summed E-state index contributed by atoms with van der Waals surface area (Å²) in [5.74, 6) is 0. The van der Waals surface area contributed by atoms with Crippen molar-refractivity contribution in [3.05, 3.63) is 69.3 Å². The van der Waals surface area contributed by atoms with Gasteiger partial charge >= 0.3 is 0 Å². The topological polar surface area (TPSA) is 58.4 Å². The van der Waals surface area contributed by atoms with Gasteiger partial charge in [-0.1, -0.05) is 18.2 Å². The highest BCUT2D eigenvalue weighted by Crippen LogP contribution is 2.24. The number of non-ortho nitro benzene ring substituents is 1. The fraction of sp³-hybridized carbons (Fsp3) is 0.278. The number of anilines is 1. The number of benzene rings is 2. The normalized spacial score (nSPS) is 11.7. The van der Waals surface area contributed by atoms with E-state index in [0.717, 1.165) is 22.4 Å². The molecular weight excluding hydrogens is 322 g/mol. The van der Waals surface area contributed by atoms with Crippen molar-refractivity contribution in [3.63, 3.8) is 0 Å². The van der Waals surface area contributed by atoms with E-state index in [1.165, 1.54) is 6.07 Å². The van der Waals surface area contributed by atoms with Crippen molar-refractivity contribution in [2.24, 2.45) is 0 Å². The molecule has 5 nitrogen and oxygen atoms in total. The van der Waals surface area contributed by atoms with E-state index in [1.54, 1.807) is 12.1 Å². The van der Waals surface area contributed by atoms with Crippen LogP contribution in [0.15, 0.2) is 42.5 Å². The van der Waals surface area contributed by atoms with Crippen molar-refractivity contribution in [2.75, 3.05) is 12.4 Å². The monoisotopic (exact) mass is 343 g/mol. The van der Waals surface area contributed by atoms with Crippen LogP contribution >= 0.6 is 12.2 Å². The van der Waals surface area contributed by atoms with Gasteiger partial charge in [-0.3, -0.25) is 10.1 Å². The number of nitrogens with zero attached hydrogens (tertiary/aromatic N) is 2. The third-order valence-corrected chi connectivity index (χ3v) is 4.33. The second kappa shape index (κ2) is 7.40. The predicted octanol–water partition coefficient (Wildman–Crippen LogP) is 4.60. The van der Waals surface area contributed by atoms with Gasteiger partial charge in [0.1, 0.15) is 0 Å². The number of hydrogen-bond donors (Lipinski definition) is 1. The lowest BCUT2D eigenvalue weighted by Gasteiger charge is -2.28. The number of rotatable bonds is 4. The van der Waals surface area contributed by atoms with Crippen molar-refractivity contribution >= 4 is 28.7 Å². The first kappa shape index (κ1) is 17.9. The lowest BCUT2D eigenvalue weighted by molar-refractivity contribution is -0.384. The first-order chi connectivity index (χ1) is 11.3. The third kappa shape index (κ3) is 4.29. The molecule has 0 radical (unpaired) electrons. The van der Waals surface area contributed by atoms with E-state index in [-0.39, 0.29) is 16.7 Å². The lowest BCUT2D eigenvalue weighted by atomic mass is 10.1. The van der Waals surface area contributed by atoms with Gasteiger partial charge in [0.15, 0.2) is 5.11 Å². The molecule has 2 aromatic carbocycles. The highest BCUT2D eigenvalue weighted by molar-refractivity contribution is 7.80. The summed E-state index contributed by atoms with van der Waals surface area (Å²) in [7, 11) is 1.88. The maximum absolute atomic E-state index is 10.9. The standard InChI is InChI=1S/C18H21N3O2S/c1-12-8-13(2)10-16(9-12)19-18(24)20(4)14(3)15-6-5-7-17(11-15)21(22)23/h5-11,14H,1-4H3,(H,19,24)/t14-/m0/s1. The molecule has 126 valence electrons. The largest absolute Gasteiger partial charge is 0.345 e. The summed E-state index contributed by atoms with van der Waals surface area (Å²) in [5.41, 5.74) is 4.19. The Balaban J connectivity index is 2.14. The number of nitrogens with one attached hydrogen (secondary N) is 1. The molecule has 0 heterocycles. The van der Waals surface area contributed by atoms with Crippen LogP contribution in [-0.4, -0.2) is 22.0 Å². The summed E-state index contributed by atoms with van der Waals surface area (Å²) in [6, 6.07) is 12.7. The van der Waals surface area contributed by atoms with E-state index in [4.69, 9.17) is 12.2 Å². The minimum atomic E-state index is -0.387. The highest BCUT2D eigenvalue weighted by Gasteiger charge is 2.17. The summed E-state index contributed by atoms with van der Waals surface area (Å²) >= 11 is 5.49. The van der Waals surface area contributed by atoms with Gasteiger partial charge in [-0.15, -0.1) is 0 Å². The summed E-state index contributed by atoms with van der Waals surface area (Å²) < 4.78 is 0. The molecule has 0 fully saturated rings. The first-order valence-electron chi connectivity index (χ1n) is 7.64. The third-order valence-electron chi connectivity index (χ3n) is 3.94. The lowest BCUT2D eigenvalue weighted by Crippen LogP contribution is -2.33. The van der Waals surface area contributed by atoms with Crippen LogP contribution in [0.4, 0.5) is 11.4 Å². The molecule has 0 bridgehead atoms. The quantitative estimate of drug-likeness (QED) is 0.499. The number of nitro groups is 1. The summed E-state index contributed by atoms with van der Waals surface area (Å²) in [5, 5.41) is 14.7. The molecular formula is C18H21N3O2S. The maximum atomic E-state index is 10.9. The molecule has 2 rings (SSSR count). The Bertz CT molecular complexity index is 756. The molecule has 0 amide bonds. The van der Waals surface area contributed by atoms with Gasteiger partial charge in [0.05, 0.1) is 11.0 Å². The number of hydrogen-bond acceptors (Lipinski definition) is 3. The van der Waals surface area contributed by atoms with Gasteiger partial charge in [0.2, 0.25) is 0 Å². The zero-order chi connectivity index (χ0) is 17.9. The molecule has 0 aromatic heterocycles. The molecule has 0 aliphatic heterocycles. The van der Waals surface area contributed by atoms with E-state index in [1.807, 2.05) is 50.9 Å². The average Bonchev–Trinajstić information content (AvgIpc) is 2.52. The summed E-state index contributed by atoms with van der Waals surface area (Å²) in [6.45, 7) is 6.04. The summed E-state index contributed by atoms with van der Waals surface area (Å²) in [6.07, 6.45) is 0. The van der Waals surface area contributed by atoms with Gasteiger partial charge in [-0.05, 0) is 61.8 Å². The van der Waals surface area contributed by atoms with Crippen molar-refractivity contribution in [2.45, 2.75) is 26.8 Å². The Morgan fingerprint density at radius 3 is 2.42 bits per heavy atom. The molecule has 0 spiro atoms. The van der Waals surface area contributed by atoms with Gasteiger partial charge in [-0.25, -0.2) is 0 Å².